The first-order chi connectivity index (χ1) is 10.7. The van der Waals surface area contributed by atoms with Gasteiger partial charge in [-0.15, -0.1) is 11.6 Å². The van der Waals surface area contributed by atoms with Gasteiger partial charge in [-0.1, -0.05) is 0 Å². The van der Waals surface area contributed by atoms with E-state index in [4.69, 9.17) is 25.8 Å². The number of hydrogen-bond acceptors (Lipinski definition) is 4. The van der Waals surface area contributed by atoms with Gasteiger partial charge in [-0.2, -0.15) is 0 Å². The summed E-state index contributed by atoms with van der Waals surface area (Å²) in [6.07, 6.45) is 0.556. The molecule has 2 aliphatic rings. The van der Waals surface area contributed by atoms with Crippen LogP contribution in [0.5, 0.6) is 11.5 Å². The number of benzene rings is 1. The Morgan fingerprint density at radius 2 is 2.32 bits per heavy atom. The number of carbonyl (C=O) groups excluding carboxylic acids is 1. The van der Waals surface area contributed by atoms with Crippen LogP contribution in [0.15, 0.2) is 18.2 Å². The van der Waals surface area contributed by atoms with Crippen molar-refractivity contribution in [3.8, 4) is 11.5 Å². The number of morpholine rings is 1. The van der Waals surface area contributed by atoms with Crippen LogP contribution in [0.25, 0.3) is 0 Å². The van der Waals surface area contributed by atoms with Gasteiger partial charge in [0, 0.05) is 24.6 Å². The second kappa shape index (κ2) is 6.75. The van der Waals surface area contributed by atoms with E-state index in [1.165, 1.54) is 0 Å². The molecule has 2 heterocycles. The van der Waals surface area contributed by atoms with Crippen molar-refractivity contribution in [3.63, 3.8) is 0 Å². The van der Waals surface area contributed by atoms with E-state index < -0.39 is 0 Å². The molecule has 0 N–H and O–H groups in total. The summed E-state index contributed by atoms with van der Waals surface area (Å²) in [5.74, 6) is 1.51. The fourth-order valence-corrected chi connectivity index (χ4v) is 3.28. The first kappa shape index (κ1) is 15.4. The molecule has 0 spiro atoms. The number of amides is 1. The molecule has 1 aromatic carbocycles. The highest BCUT2D eigenvalue weighted by Crippen LogP contribution is 2.40. The molecule has 0 radical (unpaired) electrons. The van der Waals surface area contributed by atoms with Crippen molar-refractivity contribution in [3.05, 3.63) is 23.8 Å². The van der Waals surface area contributed by atoms with Crippen LogP contribution in [0.2, 0.25) is 0 Å². The predicted octanol–water partition coefficient (Wildman–Crippen LogP) is 2.38. The van der Waals surface area contributed by atoms with Crippen molar-refractivity contribution < 1.29 is 19.0 Å². The lowest BCUT2D eigenvalue weighted by Gasteiger charge is -2.40. The van der Waals surface area contributed by atoms with E-state index in [9.17, 15) is 4.79 Å². The minimum Gasteiger partial charge on any atom is -0.494 e. The molecule has 5 nitrogen and oxygen atoms in total. The maximum absolute atomic E-state index is 12.1. The number of hydrogen-bond donors (Lipinski definition) is 0. The third-order valence-electron chi connectivity index (χ3n) is 4.09. The highest BCUT2D eigenvalue weighted by molar-refractivity contribution is 6.27. The summed E-state index contributed by atoms with van der Waals surface area (Å²) in [5.41, 5.74) is 0.970. The monoisotopic (exact) mass is 325 g/mol. The minimum absolute atomic E-state index is 0.000210. The highest BCUT2D eigenvalue weighted by atomic mass is 35.5. The van der Waals surface area contributed by atoms with E-state index >= 15 is 0 Å². The van der Waals surface area contributed by atoms with Crippen LogP contribution >= 0.6 is 11.6 Å². The van der Waals surface area contributed by atoms with Crippen molar-refractivity contribution in [1.82, 2.24) is 4.90 Å². The van der Waals surface area contributed by atoms with E-state index in [0.717, 1.165) is 23.5 Å². The molecule has 120 valence electrons. The summed E-state index contributed by atoms with van der Waals surface area (Å²) in [7, 11) is 0. The Kier molecular flexibility index (Phi) is 4.74. The highest BCUT2D eigenvalue weighted by Gasteiger charge is 2.38. The van der Waals surface area contributed by atoms with E-state index in [2.05, 4.69) is 0 Å². The molecule has 0 aliphatic carbocycles. The minimum atomic E-state index is -0.172. The number of carbonyl (C=O) groups is 1. The van der Waals surface area contributed by atoms with Crippen molar-refractivity contribution in [2.75, 3.05) is 32.2 Å². The molecule has 1 saturated heterocycles. The van der Waals surface area contributed by atoms with Gasteiger partial charge in [0.1, 0.15) is 23.5 Å². The van der Waals surface area contributed by atoms with Crippen molar-refractivity contribution >= 4 is 17.5 Å². The lowest BCUT2D eigenvalue weighted by molar-refractivity contribution is -0.144. The second-order valence-electron chi connectivity index (χ2n) is 5.35. The standard InChI is InChI=1S/C16H20ClNO4/c1-2-20-11-3-4-12-14(9-11)21-7-5-13-16(12)22-8-6-18(13)15(19)10-17/h3-4,9,13,16H,2,5-8,10H2,1H3/t13-,16-/m0/s1. The number of ether oxygens (including phenoxy) is 3. The Hall–Kier alpha value is -1.46. The molecule has 2 atom stereocenters. The molecular formula is C16H20ClNO4. The first-order valence-corrected chi connectivity index (χ1v) is 8.14. The summed E-state index contributed by atoms with van der Waals surface area (Å²) in [5, 5.41) is 0. The molecule has 0 unspecified atom stereocenters. The smallest absolute Gasteiger partial charge is 0.237 e. The molecular weight excluding hydrogens is 306 g/mol. The third kappa shape index (κ3) is 2.88. The Bertz CT molecular complexity index is 551. The van der Waals surface area contributed by atoms with Crippen LogP contribution in [0.3, 0.4) is 0 Å². The Morgan fingerprint density at radius 3 is 3.09 bits per heavy atom. The van der Waals surface area contributed by atoms with E-state index in [-0.39, 0.29) is 23.9 Å². The average molecular weight is 326 g/mol. The summed E-state index contributed by atoms with van der Waals surface area (Å²) < 4.78 is 17.3. The van der Waals surface area contributed by atoms with Crippen LogP contribution in [0, 0.1) is 0 Å². The van der Waals surface area contributed by atoms with Gasteiger partial charge in [-0.05, 0) is 19.1 Å². The average Bonchev–Trinajstić information content (AvgIpc) is 2.73. The molecule has 2 aliphatic heterocycles. The van der Waals surface area contributed by atoms with Gasteiger partial charge in [-0.3, -0.25) is 4.79 Å². The van der Waals surface area contributed by atoms with E-state index in [1.807, 2.05) is 30.0 Å². The van der Waals surface area contributed by atoms with E-state index in [1.54, 1.807) is 0 Å². The first-order valence-electron chi connectivity index (χ1n) is 7.61. The molecule has 6 heteroatoms. The Labute approximate surface area is 135 Å². The van der Waals surface area contributed by atoms with Crippen LogP contribution < -0.4 is 9.47 Å². The topological polar surface area (TPSA) is 48.0 Å². The summed E-state index contributed by atoms with van der Waals surface area (Å²) in [4.78, 5) is 13.9. The van der Waals surface area contributed by atoms with Gasteiger partial charge in [-0.25, -0.2) is 0 Å². The number of fused-ring (bicyclic) bond motifs is 3. The zero-order valence-corrected chi connectivity index (χ0v) is 13.3. The quantitative estimate of drug-likeness (QED) is 0.801. The predicted molar refractivity (Wildman–Crippen MR) is 82.6 cm³/mol. The zero-order valence-electron chi connectivity index (χ0n) is 12.6. The van der Waals surface area contributed by atoms with Gasteiger partial charge >= 0.3 is 0 Å². The maximum Gasteiger partial charge on any atom is 0.237 e. The number of alkyl halides is 1. The normalized spacial score (nSPS) is 23.8. The van der Waals surface area contributed by atoms with Crippen molar-refractivity contribution in [2.45, 2.75) is 25.5 Å². The van der Waals surface area contributed by atoms with Crippen molar-refractivity contribution in [1.29, 1.82) is 0 Å². The second-order valence-corrected chi connectivity index (χ2v) is 5.62. The van der Waals surface area contributed by atoms with Crippen LogP contribution in [-0.2, 0) is 9.53 Å². The van der Waals surface area contributed by atoms with Crippen LogP contribution in [0.4, 0.5) is 0 Å². The summed E-state index contributed by atoms with van der Waals surface area (Å²) in [6, 6.07) is 5.75. The van der Waals surface area contributed by atoms with E-state index in [0.29, 0.717) is 26.4 Å². The fraction of sp³-hybridized carbons (Fsp3) is 0.562. The Morgan fingerprint density at radius 1 is 1.45 bits per heavy atom. The number of halogens is 1. The maximum atomic E-state index is 12.1. The third-order valence-corrected chi connectivity index (χ3v) is 4.32. The largest absolute Gasteiger partial charge is 0.494 e. The Balaban J connectivity index is 1.91. The van der Waals surface area contributed by atoms with Gasteiger partial charge < -0.3 is 19.1 Å². The van der Waals surface area contributed by atoms with Gasteiger partial charge in [0.2, 0.25) is 5.91 Å². The molecule has 0 aromatic heterocycles. The van der Waals surface area contributed by atoms with Gasteiger partial charge in [0.25, 0.3) is 0 Å². The molecule has 1 aromatic rings. The molecule has 0 saturated carbocycles. The van der Waals surface area contributed by atoms with Crippen molar-refractivity contribution in [2.24, 2.45) is 0 Å². The number of rotatable bonds is 3. The lowest BCUT2D eigenvalue weighted by Crippen LogP contribution is -2.50. The number of nitrogens with zero attached hydrogens (tertiary/aromatic N) is 1. The molecule has 22 heavy (non-hydrogen) atoms. The summed E-state index contributed by atoms with van der Waals surface area (Å²) >= 11 is 5.73. The fourth-order valence-electron chi connectivity index (χ4n) is 3.13. The van der Waals surface area contributed by atoms with Gasteiger partial charge in [0.05, 0.1) is 25.9 Å². The van der Waals surface area contributed by atoms with Gasteiger partial charge in [0.15, 0.2) is 0 Å². The zero-order chi connectivity index (χ0) is 15.5. The van der Waals surface area contributed by atoms with Crippen LogP contribution in [-0.4, -0.2) is 49.1 Å². The molecule has 0 bridgehead atoms. The van der Waals surface area contributed by atoms with Crippen LogP contribution in [0.1, 0.15) is 25.0 Å². The molecule has 1 fully saturated rings. The SMILES string of the molecule is CCOc1ccc2c(c1)OCC[C@H]1[C@H]2OCCN1C(=O)CCl. The lowest BCUT2D eigenvalue weighted by atomic mass is 9.97. The molecule has 1 amide bonds. The molecule has 3 rings (SSSR count). The summed E-state index contributed by atoms with van der Waals surface area (Å²) in [6.45, 7) is 4.19.